The molecule has 0 bridgehead atoms. The van der Waals surface area contributed by atoms with Crippen molar-refractivity contribution in [3.63, 3.8) is 0 Å². The molecule has 0 radical (unpaired) electrons. The fourth-order valence-corrected chi connectivity index (χ4v) is 1.19. The largest absolute Gasteiger partial charge is 0.449 e. The van der Waals surface area contributed by atoms with Crippen LogP contribution in [0.3, 0.4) is 0 Å². The monoisotopic (exact) mass is 272 g/mol. The van der Waals surface area contributed by atoms with Gasteiger partial charge in [-0.15, -0.1) is 0 Å². The van der Waals surface area contributed by atoms with Gasteiger partial charge in [-0.05, 0) is 0 Å². The van der Waals surface area contributed by atoms with Crippen molar-refractivity contribution in [1.82, 2.24) is 9.97 Å². The predicted molar refractivity (Wildman–Crippen MR) is 46.4 cm³/mol. The molecule has 0 spiro atoms. The molecule has 0 fully saturated rings. The van der Waals surface area contributed by atoms with Crippen molar-refractivity contribution in [2.24, 2.45) is 0 Å². The molecule has 0 saturated heterocycles. The van der Waals surface area contributed by atoms with Gasteiger partial charge in [0.1, 0.15) is 0 Å². The first-order chi connectivity index (χ1) is 7.16. The Morgan fingerprint density at radius 1 is 1.06 bits per heavy atom. The normalized spacial score (nSPS) is 12.1. The summed E-state index contributed by atoms with van der Waals surface area (Å²) in [6.07, 6.45) is 0.883. The van der Waals surface area contributed by atoms with E-state index >= 15 is 0 Å². The third-order valence-electron chi connectivity index (χ3n) is 0.978. The number of rotatable bonds is 4. The lowest BCUT2D eigenvalue weighted by Gasteiger charge is -2.01. The van der Waals surface area contributed by atoms with E-state index in [0.29, 0.717) is 0 Å². The van der Waals surface area contributed by atoms with Crippen LogP contribution in [0.5, 0.6) is 11.9 Å². The zero-order valence-corrected chi connectivity index (χ0v) is 8.84. The van der Waals surface area contributed by atoms with Crippen molar-refractivity contribution in [1.29, 1.82) is 0 Å². The summed E-state index contributed by atoms with van der Waals surface area (Å²) < 4.78 is 65.2. The zero-order chi connectivity index (χ0) is 12.4. The Kier molecular flexibility index (Phi) is 3.27. The molecule has 0 amide bonds. The van der Waals surface area contributed by atoms with Crippen molar-refractivity contribution in [3.8, 4) is 11.9 Å². The molecular formula is C4H4N2O8S2. The molecule has 0 aliphatic rings. The first kappa shape index (κ1) is 12.6. The molecule has 1 rings (SSSR count). The molecule has 0 aliphatic carbocycles. The van der Waals surface area contributed by atoms with Crippen LogP contribution in [0, 0.1) is 0 Å². The van der Waals surface area contributed by atoms with Gasteiger partial charge in [0.15, 0.2) is 0 Å². The van der Waals surface area contributed by atoms with Gasteiger partial charge in [-0.3, -0.25) is 9.11 Å². The SMILES string of the molecule is O=S(=O)(O)Oc1ccnc(OS(=O)(=O)O)n1. The third-order valence-corrected chi connectivity index (χ3v) is 1.72. The molecule has 0 aromatic carbocycles. The standard InChI is InChI=1S/C4H4N2O8S2/c7-15(8,9)13-3-1-2-5-4(6-3)14-16(10,11)12/h1-2H,(H,7,8,9)(H,10,11,12). The molecule has 2 N–H and O–H groups in total. The van der Waals surface area contributed by atoms with Gasteiger partial charge in [0.05, 0.1) is 0 Å². The van der Waals surface area contributed by atoms with Crippen LogP contribution in [0.15, 0.2) is 12.3 Å². The highest BCUT2D eigenvalue weighted by atomic mass is 32.3. The van der Waals surface area contributed by atoms with Crippen molar-refractivity contribution in [2.45, 2.75) is 0 Å². The second-order valence-corrected chi connectivity index (χ2v) is 4.24. The van der Waals surface area contributed by atoms with Gasteiger partial charge in [-0.25, -0.2) is 4.98 Å². The average Bonchev–Trinajstić information content (AvgIpc) is 1.96. The minimum Gasteiger partial charge on any atom is -0.341 e. The molecule has 16 heavy (non-hydrogen) atoms. The van der Waals surface area contributed by atoms with E-state index in [1.807, 2.05) is 0 Å². The number of hydrogen-bond acceptors (Lipinski definition) is 8. The van der Waals surface area contributed by atoms with Crippen LogP contribution in [0.1, 0.15) is 0 Å². The lowest BCUT2D eigenvalue weighted by molar-refractivity contribution is 0.364. The van der Waals surface area contributed by atoms with E-state index in [1.165, 1.54) is 0 Å². The summed E-state index contributed by atoms with van der Waals surface area (Å²) in [5, 5.41) is 0. The first-order valence-corrected chi connectivity index (χ1v) is 6.05. The Morgan fingerprint density at radius 3 is 2.12 bits per heavy atom. The number of aromatic nitrogens is 2. The van der Waals surface area contributed by atoms with Crippen molar-refractivity contribution in [2.75, 3.05) is 0 Å². The fourth-order valence-electron chi connectivity index (χ4n) is 0.614. The van der Waals surface area contributed by atoms with Gasteiger partial charge in [-0.2, -0.15) is 21.8 Å². The van der Waals surface area contributed by atoms with Gasteiger partial charge in [0, 0.05) is 12.3 Å². The molecule has 12 heteroatoms. The second-order valence-electron chi connectivity index (χ2n) is 2.20. The van der Waals surface area contributed by atoms with Crippen LogP contribution in [0.25, 0.3) is 0 Å². The summed E-state index contributed by atoms with van der Waals surface area (Å²) in [7, 11) is -9.63. The molecule has 0 unspecified atom stereocenters. The highest BCUT2D eigenvalue weighted by molar-refractivity contribution is 7.81. The lowest BCUT2D eigenvalue weighted by Crippen LogP contribution is -2.11. The molecule has 0 aliphatic heterocycles. The second kappa shape index (κ2) is 4.17. The third kappa shape index (κ3) is 4.83. The number of hydrogen-bond donors (Lipinski definition) is 2. The highest BCUT2D eigenvalue weighted by Crippen LogP contribution is 2.12. The molecule has 0 saturated carbocycles. The molecule has 1 heterocycles. The fraction of sp³-hybridized carbons (Fsp3) is 0. The topological polar surface area (TPSA) is 153 Å². The molecule has 1 aromatic heterocycles. The summed E-state index contributed by atoms with van der Waals surface area (Å²) in [5.74, 6) is -0.684. The Hall–Kier alpha value is -1.50. The Balaban J connectivity index is 2.96. The zero-order valence-electron chi connectivity index (χ0n) is 7.21. The van der Waals surface area contributed by atoms with Crippen LogP contribution in [0.2, 0.25) is 0 Å². The maximum Gasteiger partial charge on any atom is 0.449 e. The van der Waals surface area contributed by atoms with Crippen molar-refractivity contribution in [3.05, 3.63) is 12.3 Å². The van der Waals surface area contributed by atoms with E-state index in [2.05, 4.69) is 18.3 Å². The van der Waals surface area contributed by atoms with Crippen LogP contribution in [-0.2, 0) is 20.8 Å². The van der Waals surface area contributed by atoms with Gasteiger partial charge < -0.3 is 8.37 Å². The first-order valence-electron chi connectivity index (χ1n) is 3.32. The van der Waals surface area contributed by atoms with Crippen molar-refractivity contribution >= 4 is 20.8 Å². The maximum absolute atomic E-state index is 10.3. The molecule has 1 aromatic rings. The molecular weight excluding hydrogens is 268 g/mol. The minimum absolute atomic E-state index is 0.684. The summed E-state index contributed by atoms with van der Waals surface area (Å²) in [4.78, 5) is 6.34. The summed E-state index contributed by atoms with van der Waals surface area (Å²) in [5.41, 5.74) is 0. The Bertz CT molecular complexity index is 529. The van der Waals surface area contributed by atoms with Gasteiger partial charge in [0.2, 0.25) is 5.88 Å². The summed E-state index contributed by atoms with van der Waals surface area (Å²) in [6.45, 7) is 0. The van der Waals surface area contributed by atoms with E-state index in [0.717, 1.165) is 12.3 Å². The van der Waals surface area contributed by atoms with Crippen LogP contribution in [0.4, 0.5) is 0 Å². The van der Waals surface area contributed by atoms with Crippen LogP contribution >= 0.6 is 0 Å². The molecule has 0 atom stereocenters. The van der Waals surface area contributed by atoms with Crippen molar-refractivity contribution < 1.29 is 34.3 Å². The number of nitrogens with zero attached hydrogens (tertiary/aromatic N) is 2. The van der Waals surface area contributed by atoms with E-state index in [-0.39, 0.29) is 0 Å². The van der Waals surface area contributed by atoms with Gasteiger partial charge >= 0.3 is 26.8 Å². The lowest BCUT2D eigenvalue weighted by atomic mass is 10.6. The van der Waals surface area contributed by atoms with Gasteiger partial charge in [-0.1, -0.05) is 0 Å². The van der Waals surface area contributed by atoms with Gasteiger partial charge in [0.25, 0.3) is 0 Å². The van der Waals surface area contributed by atoms with E-state index in [9.17, 15) is 16.8 Å². The van der Waals surface area contributed by atoms with E-state index < -0.39 is 32.7 Å². The average molecular weight is 272 g/mol. The molecule has 10 nitrogen and oxygen atoms in total. The Labute approximate surface area is 89.8 Å². The quantitative estimate of drug-likeness (QED) is 0.641. The van der Waals surface area contributed by atoms with E-state index in [1.54, 1.807) is 0 Å². The predicted octanol–water partition coefficient (Wildman–Crippen LogP) is -1.16. The summed E-state index contributed by atoms with van der Waals surface area (Å²) in [6, 6.07) is 0.0357. The Morgan fingerprint density at radius 2 is 1.62 bits per heavy atom. The summed E-state index contributed by atoms with van der Waals surface area (Å²) >= 11 is 0. The van der Waals surface area contributed by atoms with Crippen LogP contribution in [-0.4, -0.2) is 35.9 Å². The van der Waals surface area contributed by atoms with Crippen LogP contribution < -0.4 is 8.37 Å². The highest BCUT2D eigenvalue weighted by Gasteiger charge is 2.13. The van der Waals surface area contributed by atoms with E-state index in [4.69, 9.17) is 9.11 Å². The minimum atomic E-state index is -4.83. The maximum atomic E-state index is 10.3. The smallest absolute Gasteiger partial charge is 0.341 e. The molecule has 90 valence electrons.